The molecule has 27 heavy (non-hydrogen) atoms. The monoisotopic (exact) mass is 424 g/mol. The molecule has 1 N–H and O–H groups in total. The third kappa shape index (κ3) is 5.25. The van der Waals surface area contributed by atoms with Crippen LogP contribution in [0.25, 0.3) is 0 Å². The van der Waals surface area contributed by atoms with Crippen LogP contribution in [0.3, 0.4) is 0 Å². The molecule has 1 heterocycles. The van der Waals surface area contributed by atoms with Crippen LogP contribution in [0.1, 0.15) is 19.3 Å². The average molecular weight is 425 g/mol. The van der Waals surface area contributed by atoms with E-state index in [4.69, 9.17) is 11.6 Å². The molecule has 0 aliphatic carbocycles. The predicted molar refractivity (Wildman–Crippen MR) is 110 cm³/mol. The standard InChI is InChI=1S/C19H21ClN2O3S2/c20-17-9-2-3-10-18(17)26-14-19(23)21-15-7-6-8-16(13-15)27(24,25)22-11-4-1-5-12-22/h2-3,6-10,13H,1,4-5,11-12,14H2,(H,21,23). The van der Waals surface area contributed by atoms with E-state index in [1.165, 1.54) is 22.1 Å². The Morgan fingerprint density at radius 3 is 2.56 bits per heavy atom. The summed E-state index contributed by atoms with van der Waals surface area (Å²) in [6.45, 7) is 1.10. The number of nitrogens with one attached hydrogen (secondary N) is 1. The van der Waals surface area contributed by atoms with Gasteiger partial charge in [-0.3, -0.25) is 4.79 Å². The van der Waals surface area contributed by atoms with Crippen LogP contribution >= 0.6 is 23.4 Å². The smallest absolute Gasteiger partial charge is 0.243 e. The molecule has 1 aliphatic rings. The van der Waals surface area contributed by atoms with Gasteiger partial charge in [-0.15, -0.1) is 11.8 Å². The van der Waals surface area contributed by atoms with Crippen molar-refractivity contribution in [3.63, 3.8) is 0 Å². The summed E-state index contributed by atoms with van der Waals surface area (Å²) < 4.78 is 27.1. The molecule has 0 atom stereocenters. The third-order valence-corrected chi connectivity index (χ3v) is 7.68. The summed E-state index contributed by atoms with van der Waals surface area (Å²) in [5.41, 5.74) is 0.470. The zero-order valence-electron chi connectivity index (χ0n) is 14.7. The fraction of sp³-hybridized carbons (Fsp3) is 0.316. The highest BCUT2D eigenvalue weighted by Crippen LogP contribution is 2.27. The van der Waals surface area contributed by atoms with Gasteiger partial charge in [-0.05, 0) is 43.2 Å². The van der Waals surface area contributed by atoms with Gasteiger partial charge >= 0.3 is 0 Å². The SMILES string of the molecule is O=C(CSc1ccccc1Cl)Nc1cccc(S(=O)(=O)N2CCCCC2)c1. The van der Waals surface area contributed by atoms with Gasteiger partial charge in [-0.1, -0.05) is 36.2 Å². The topological polar surface area (TPSA) is 66.5 Å². The maximum Gasteiger partial charge on any atom is 0.243 e. The Balaban J connectivity index is 1.65. The zero-order valence-corrected chi connectivity index (χ0v) is 17.1. The second-order valence-corrected chi connectivity index (χ2v) is 9.62. The number of carbonyl (C=O) groups is 1. The molecule has 2 aromatic carbocycles. The maximum atomic E-state index is 12.8. The highest BCUT2D eigenvalue weighted by molar-refractivity contribution is 8.00. The summed E-state index contributed by atoms with van der Waals surface area (Å²) in [7, 11) is -3.52. The first-order chi connectivity index (χ1) is 13.0. The zero-order chi connectivity index (χ0) is 19.3. The fourth-order valence-electron chi connectivity index (χ4n) is 2.89. The fourth-order valence-corrected chi connectivity index (χ4v) is 5.49. The van der Waals surface area contributed by atoms with Gasteiger partial charge < -0.3 is 5.32 Å². The van der Waals surface area contributed by atoms with E-state index in [0.29, 0.717) is 23.8 Å². The summed E-state index contributed by atoms with van der Waals surface area (Å²) in [6, 6.07) is 13.7. The van der Waals surface area contributed by atoms with Crippen LogP contribution in [0, 0.1) is 0 Å². The molecule has 1 aliphatic heterocycles. The largest absolute Gasteiger partial charge is 0.325 e. The van der Waals surface area contributed by atoms with E-state index in [2.05, 4.69) is 5.32 Å². The lowest BCUT2D eigenvalue weighted by molar-refractivity contribution is -0.113. The van der Waals surface area contributed by atoms with Crippen molar-refractivity contribution >= 4 is 45.0 Å². The van der Waals surface area contributed by atoms with E-state index >= 15 is 0 Å². The molecule has 1 saturated heterocycles. The number of anilines is 1. The highest BCUT2D eigenvalue weighted by Gasteiger charge is 2.26. The molecule has 0 radical (unpaired) electrons. The van der Waals surface area contributed by atoms with Crippen LogP contribution in [-0.2, 0) is 14.8 Å². The predicted octanol–water partition coefficient (Wildman–Crippen LogP) is 4.25. The maximum absolute atomic E-state index is 12.8. The van der Waals surface area contributed by atoms with Crippen LogP contribution in [0.4, 0.5) is 5.69 Å². The van der Waals surface area contributed by atoms with Gasteiger partial charge in [0.1, 0.15) is 0 Å². The first kappa shape index (κ1) is 20.2. The van der Waals surface area contributed by atoms with Gasteiger partial charge in [0.05, 0.1) is 15.7 Å². The van der Waals surface area contributed by atoms with Gasteiger partial charge in [0.2, 0.25) is 15.9 Å². The molecule has 1 fully saturated rings. The van der Waals surface area contributed by atoms with Crippen LogP contribution in [0.15, 0.2) is 58.3 Å². The molecule has 0 aromatic heterocycles. The lowest BCUT2D eigenvalue weighted by Crippen LogP contribution is -2.35. The van der Waals surface area contributed by atoms with E-state index in [-0.39, 0.29) is 16.6 Å². The Labute approximate surface area is 169 Å². The third-order valence-electron chi connectivity index (χ3n) is 4.27. The number of rotatable bonds is 6. The molecular weight excluding hydrogens is 404 g/mol. The Morgan fingerprint density at radius 1 is 1.07 bits per heavy atom. The Bertz CT molecular complexity index is 913. The van der Waals surface area contributed by atoms with E-state index in [1.54, 1.807) is 24.3 Å². The second kappa shape index (κ2) is 9.10. The first-order valence-electron chi connectivity index (χ1n) is 8.74. The first-order valence-corrected chi connectivity index (χ1v) is 11.5. The van der Waals surface area contributed by atoms with Crippen molar-refractivity contribution in [1.29, 1.82) is 0 Å². The minimum absolute atomic E-state index is 0.187. The number of nitrogens with zero attached hydrogens (tertiary/aromatic N) is 1. The van der Waals surface area contributed by atoms with Crippen molar-refractivity contribution in [2.75, 3.05) is 24.2 Å². The average Bonchev–Trinajstić information content (AvgIpc) is 2.68. The van der Waals surface area contributed by atoms with E-state index in [0.717, 1.165) is 24.2 Å². The number of amides is 1. The molecule has 8 heteroatoms. The van der Waals surface area contributed by atoms with Gasteiger partial charge in [0.25, 0.3) is 0 Å². The summed E-state index contributed by atoms with van der Waals surface area (Å²) in [5, 5.41) is 3.36. The van der Waals surface area contributed by atoms with Crippen molar-refractivity contribution in [1.82, 2.24) is 4.31 Å². The summed E-state index contributed by atoms with van der Waals surface area (Å²) in [5.74, 6) is -0.0280. The van der Waals surface area contributed by atoms with Gasteiger partial charge in [0, 0.05) is 23.7 Å². The Morgan fingerprint density at radius 2 is 1.81 bits per heavy atom. The molecule has 5 nitrogen and oxygen atoms in total. The number of thioether (sulfide) groups is 1. The number of hydrogen-bond donors (Lipinski definition) is 1. The molecule has 3 rings (SSSR count). The van der Waals surface area contributed by atoms with Gasteiger partial charge in [-0.2, -0.15) is 4.31 Å². The number of sulfonamides is 1. The summed E-state index contributed by atoms with van der Waals surface area (Å²) in [6.07, 6.45) is 2.83. The van der Waals surface area contributed by atoms with E-state index in [9.17, 15) is 13.2 Å². The summed E-state index contributed by atoms with van der Waals surface area (Å²) >= 11 is 7.43. The molecule has 0 spiro atoms. The van der Waals surface area contributed by atoms with Crippen LogP contribution in [-0.4, -0.2) is 37.5 Å². The molecule has 2 aromatic rings. The molecule has 0 unspecified atom stereocenters. The molecule has 0 saturated carbocycles. The highest BCUT2D eigenvalue weighted by atomic mass is 35.5. The molecule has 144 valence electrons. The second-order valence-electron chi connectivity index (χ2n) is 6.26. The number of piperidine rings is 1. The summed E-state index contributed by atoms with van der Waals surface area (Å²) in [4.78, 5) is 13.3. The van der Waals surface area contributed by atoms with E-state index < -0.39 is 10.0 Å². The van der Waals surface area contributed by atoms with Crippen molar-refractivity contribution in [2.45, 2.75) is 29.1 Å². The van der Waals surface area contributed by atoms with Crippen molar-refractivity contribution < 1.29 is 13.2 Å². The molecule has 0 bridgehead atoms. The quantitative estimate of drug-likeness (QED) is 0.704. The lowest BCUT2D eigenvalue weighted by Gasteiger charge is -2.26. The van der Waals surface area contributed by atoms with Crippen molar-refractivity contribution in [3.8, 4) is 0 Å². The Kier molecular flexibility index (Phi) is 6.81. The minimum atomic E-state index is -3.52. The van der Waals surface area contributed by atoms with E-state index in [1.807, 2.05) is 18.2 Å². The van der Waals surface area contributed by atoms with Crippen LogP contribution < -0.4 is 5.32 Å². The lowest BCUT2D eigenvalue weighted by atomic mass is 10.2. The molecule has 1 amide bonds. The van der Waals surface area contributed by atoms with Gasteiger partial charge in [0.15, 0.2) is 0 Å². The van der Waals surface area contributed by atoms with Crippen LogP contribution in [0.2, 0.25) is 5.02 Å². The normalized spacial score (nSPS) is 15.4. The van der Waals surface area contributed by atoms with Gasteiger partial charge in [-0.25, -0.2) is 8.42 Å². The number of carbonyl (C=O) groups excluding carboxylic acids is 1. The number of benzene rings is 2. The molecular formula is C19H21ClN2O3S2. The van der Waals surface area contributed by atoms with Crippen molar-refractivity contribution in [2.24, 2.45) is 0 Å². The van der Waals surface area contributed by atoms with Crippen LogP contribution in [0.5, 0.6) is 0 Å². The van der Waals surface area contributed by atoms with Crippen molar-refractivity contribution in [3.05, 3.63) is 53.6 Å². The Hall–Kier alpha value is -1.54. The minimum Gasteiger partial charge on any atom is -0.325 e. The number of hydrogen-bond acceptors (Lipinski definition) is 4. The number of halogens is 1.